The number of likely N-dealkylation sites (tertiary alicyclic amines) is 1. The fourth-order valence-electron chi connectivity index (χ4n) is 4.35. The molecule has 2 atom stereocenters. The maximum atomic E-state index is 13.1. The molecule has 13 nitrogen and oxygen atoms in total. The summed E-state index contributed by atoms with van der Waals surface area (Å²) >= 11 is 0. The summed E-state index contributed by atoms with van der Waals surface area (Å²) < 4.78 is 31.7. The zero-order valence-corrected chi connectivity index (χ0v) is 20.1. The summed E-state index contributed by atoms with van der Waals surface area (Å²) in [7, 11) is 0. The van der Waals surface area contributed by atoms with Crippen LogP contribution in [0.15, 0.2) is 18.2 Å². The molecule has 0 bridgehead atoms. The number of imide groups is 2. The van der Waals surface area contributed by atoms with Crippen molar-refractivity contribution < 1.29 is 56.9 Å². The number of aliphatic carboxylic acids is 2. The monoisotopic (exact) mass is 556 g/mol. The Bertz CT molecular complexity index is 1230. The Morgan fingerprint density at radius 3 is 2.31 bits per heavy atom. The van der Waals surface area contributed by atoms with Gasteiger partial charge in [0, 0.05) is 25.2 Å². The Morgan fingerprint density at radius 2 is 1.72 bits per heavy atom. The fraction of sp³-hybridized carbons (Fsp3) is 0.435. The second-order valence-corrected chi connectivity index (χ2v) is 8.85. The number of carboxylic acids is 2. The van der Waals surface area contributed by atoms with Gasteiger partial charge < -0.3 is 20.4 Å². The molecule has 2 fully saturated rings. The lowest BCUT2D eigenvalue weighted by Crippen LogP contribution is -2.54. The van der Waals surface area contributed by atoms with E-state index in [0.29, 0.717) is 19.4 Å². The van der Waals surface area contributed by atoms with Crippen LogP contribution in [0.2, 0.25) is 0 Å². The zero-order chi connectivity index (χ0) is 29.1. The quantitative estimate of drug-likeness (QED) is 0.371. The van der Waals surface area contributed by atoms with Crippen molar-refractivity contribution in [2.45, 2.75) is 37.9 Å². The lowest BCUT2D eigenvalue weighted by molar-refractivity contribution is -0.192. The van der Waals surface area contributed by atoms with Gasteiger partial charge in [-0.2, -0.15) is 13.2 Å². The molecule has 1 unspecified atom stereocenters. The van der Waals surface area contributed by atoms with Crippen LogP contribution in [-0.4, -0.2) is 93.3 Å². The van der Waals surface area contributed by atoms with E-state index < -0.39 is 53.7 Å². The first-order chi connectivity index (χ1) is 18.2. The van der Waals surface area contributed by atoms with Crippen molar-refractivity contribution in [3.63, 3.8) is 0 Å². The van der Waals surface area contributed by atoms with Crippen molar-refractivity contribution in [1.82, 2.24) is 15.1 Å². The van der Waals surface area contributed by atoms with Gasteiger partial charge in [-0.05, 0) is 31.4 Å². The van der Waals surface area contributed by atoms with Gasteiger partial charge >= 0.3 is 18.1 Å². The van der Waals surface area contributed by atoms with E-state index in [1.165, 1.54) is 11.0 Å². The number of hydrogen-bond acceptors (Lipinski definition) is 8. The van der Waals surface area contributed by atoms with Gasteiger partial charge in [-0.25, -0.2) is 4.79 Å². The molecule has 2 saturated heterocycles. The smallest absolute Gasteiger partial charge is 0.481 e. The first-order valence-electron chi connectivity index (χ1n) is 11.6. The molecule has 0 aliphatic carbocycles. The molecule has 0 saturated carbocycles. The predicted octanol–water partition coefficient (Wildman–Crippen LogP) is 0.456. The molecular formula is C23H23F3N4O9. The van der Waals surface area contributed by atoms with E-state index in [1.807, 2.05) is 0 Å². The number of piperidine rings is 2. The summed E-state index contributed by atoms with van der Waals surface area (Å²) in [6.45, 7) is 0.407. The van der Waals surface area contributed by atoms with Crippen molar-refractivity contribution >= 4 is 47.2 Å². The van der Waals surface area contributed by atoms with Crippen LogP contribution in [0, 0.1) is 5.92 Å². The molecule has 0 aromatic heterocycles. The normalized spacial score (nSPS) is 21.0. The summed E-state index contributed by atoms with van der Waals surface area (Å²) in [4.78, 5) is 84.6. The number of nitrogens with zero attached hydrogens (tertiary/aromatic N) is 2. The van der Waals surface area contributed by atoms with Crippen LogP contribution in [0.5, 0.6) is 0 Å². The molecule has 5 amide bonds. The standard InChI is InChI=1S/C21H22N4O7.C2HF3O2/c26-15-7-6-14(18(28)23-15)25-19(29)12-4-1-5-13(17(12)20(25)30)22-9-16(27)24-8-2-3-11(10-24)21(31)32;3-2(4,5)1(6)7/h1,4-5,11,14,22H,2-3,6-10H2,(H,31,32)(H,23,26,28);(H,6,7)/t11-,14?;/m1./s1. The number of alkyl halides is 3. The maximum absolute atomic E-state index is 13.1. The van der Waals surface area contributed by atoms with E-state index in [2.05, 4.69) is 10.6 Å². The van der Waals surface area contributed by atoms with Crippen LogP contribution >= 0.6 is 0 Å². The van der Waals surface area contributed by atoms with E-state index in [0.717, 1.165) is 4.90 Å². The molecule has 3 aliphatic rings. The number of amides is 5. The molecule has 3 heterocycles. The highest BCUT2D eigenvalue weighted by Crippen LogP contribution is 2.32. The average molecular weight is 556 g/mol. The van der Waals surface area contributed by atoms with E-state index in [4.69, 9.17) is 9.90 Å². The molecule has 210 valence electrons. The average Bonchev–Trinajstić information content (AvgIpc) is 3.12. The molecule has 1 aromatic rings. The second kappa shape index (κ2) is 11.5. The third kappa shape index (κ3) is 6.50. The number of carbonyl (C=O) groups is 7. The third-order valence-corrected chi connectivity index (χ3v) is 6.26. The lowest BCUT2D eigenvalue weighted by Gasteiger charge is -2.31. The summed E-state index contributed by atoms with van der Waals surface area (Å²) in [6, 6.07) is 3.51. The molecule has 16 heteroatoms. The Kier molecular flexibility index (Phi) is 8.56. The van der Waals surface area contributed by atoms with E-state index >= 15 is 0 Å². The third-order valence-electron chi connectivity index (χ3n) is 6.26. The maximum Gasteiger partial charge on any atom is 0.490 e. The number of anilines is 1. The van der Waals surface area contributed by atoms with Crippen molar-refractivity contribution in [2.24, 2.45) is 5.92 Å². The lowest BCUT2D eigenvalue weighted by atomic mass is 9.98. The highest BCUT2D eigenvalue weighted by Gasteiger charge is 2.45. The minimum absolute atomic E-state index is 0.0244. The summed E-state index contributed by atoms with van der Waals surface area (Å²) in [5, 5.41) is 21.4. The number of rotatable bonds is 5. The topological polar surface area (TPSA) is 190 Å². The van der Waals surface area contributed by atoms with Crippen molar-refractivity contribution in [3.05, 3.63) is 29.3 Å². The number of halogens is 3. The van der Waals surface area contributed by atoms with Gasteiger partial charge in [-0.1, -0.05) is 6.07 Å². The van der Waals surface area contributed by atoms with Crippen LogP contribution in [0.1, 0.15) is 46.4 Å². The number of carboxylic acid groups (broad SMARTS) is 2. The zero-order valence-electron chi connectivity index (χ0n) is 20.1. The molecule has 4 N–H and O–H groups in total. The van der Waals surface area contributed by atoms with E-state index in [9.17, 15) is 47.0 Å². The number of benzene rings is 1. The first kappa shape index (κ1) is 29.1. The van der Waals surface area contributed by atoms with Gasteiger partial charge in [0.05, 0.1) is 23.6 Å². The van der Waals surface area contributed by atoms with Gasteiger partial charge in [-0.3, -0.25) is 39.0 Å². The van der Waals surface area contributed by atoms with Crippen LogP contribution < -0.4 is 10.6 Å². The van der Waals surface area contributed by atoms with Crippen molar-refractivity contribution in [1.29, 1.82) is 0 Å². The fourth-order valence-corrected chi connectivity index (χ4v) is 4.35. The van der Waals surface area contributed by atoms with Gasteiger partial charge in [0.15, 0.2) is 0 Å². The SMILES string of the molecule is O=C(O)C(F)(F)F.O=C1CCC(N2C(=O)c3cccc(NCC(=O)N4CCC[C@@H](C(=O)O)C4)c3C2=O)C(=O)N1. The van der Waals surface area contributed by atoms with Gasteiger partial charge in [-0.15, -0.1) is 0 Å². The molecule has 0 spiro atoms. The molecule has 3 aliphatic heterocycles. The Labute approximate surface area is 217 Å². The number of carbonyl (C=O) groups excluding carboxylic acids is 5. The van der Waals surface area contributed by atoms with Crippen LogP contribution in [-0.2, 0) is 24.0 Å². The number of hydrogen-bond donors (Lipinski definition) is 4. The van der Waals surface area contributed by atoms with Crippen LogP contribution in [0.3, 0.4) is 0 Å². The van der Waals surface area contributed by atoms with Crippen molar-refractivity contribution in [2.75, 3.05) is 25.0 Å². The highest BCUT2D eigenvalue weighted by molar-refractivity contribution is 6.25. The van der Waals surface area contributed by atoms with Gasteiger partial charge in [0.25, 0.3) is 11.8 Å². The number of fused-ring (bicyclic) bond motifs is 1. The van der Waals surface area contributed by atoms with Crippen LogP contribution in [0.4, 0.5) is 18.9 Å². The largest absolute Gasteiger partial charge is 0.490 e. The van der Waals surface area contributed by atoms with Crippen LogP contribution in [0.25, 0.3) is 0 Å². The Morgan fingerprint density at radius 1 is 1.05 bits per heavy atom. The summed E-state index contributed by atoms with van der Waals surface area (Å²) in [5.74, 6) is -7.05. The van der Waals surface area contributed by atoms with E-state index in [1.54, 1.807) is 12.1 Å². The van der Waals surface area contributed by atoms with E-state index in [-0.39, 0.29) is 48.7 Å². The molecule has 4 rings (SSSR count). The molecule has 0 radical (unpaired) electrons. The van der Waals surface area contributed by atoms with Gasteiger partial charge in [0.1, 0.15) is 6.04 Å². The predicted molar refractivity (Wildman–Crippen MR) is 122 cm³/mol. The minimum atomic E-state index is -5.08. The Hall–Kier alpha value is -4.50. The molecule has 1 aromatic carbocycles. The summed E-state index contributed by atoms with van der Waals surface area (Å²) in [5.41, 5.74) is 0.453. The molecular weight excluding hydrogens is 533 g/mol. The molecule has 39 heavy (non-hydrogen) atoms. The number of nitrogens with one attached hydrogen (secondary N) is 2. The Balaban J connectivity index is 0.000000532. The van der Waals surface area contributed by atoms with Gasteiger partial charge in [0.2, 0.25) is 17.7 Å². The summed E-state index contributed by atoms with van der Waals surface area (Å²) in [6.07, 6.45) is -3.89. The minimum Gasteiger partial charge on any atom is -0.481 e. The highest BCUT2D eigenvalue weighted by atomic mass is 19.4. The van der Waals surface area contributed by atoms with Crippen molar-refractivity contribution in [3.8, 4) is 0 Å². The first-order valence-corrected chi connectivity index (χ1v) is 11.6. The second-order valence-electron chi connectivity index (χ2n) is 8.85.